The van der Waals surface area contributed by atoms with Crippen LogP contribution in [0.5, 0.6) is 5.75 Å². The van der Waals surface area contributed by atoms with Crippen LogP contribution in [-0.4, -0.2) is 42.2 Å². The molecular formula is C14H20FN3O2. The van der Waals surface area contributed by atoms with Crippen molar-refractivity contribution in [1.82, 2.24) is 4.90 Å². The third kappa shape index (κ3) is 3.39. The van der Waals surface area contributed by atoms with Crippen molar-refractivity contribution in [1.29, 1.82) is 0 Å². The van der Waals surface area contributed by atoms with Crippen LogP contribution in [-0.2, 0) is 0 Å². The summed E-state index contributed by atoms with van der Waals surface area (Å²) >= 11 is 0. The third-order valence-corrected chi connectivity index (χ3v) is 3.69. The molecule has 6 heteroatoms. The first-order chi connectivity index (χ1) is 9.61. The molecule has 1 heterocycles. The van der Waals surface area contributed by atoms with E-state index in [2.05, 4.69) is 17.1 Å². The molecule has 1 aliphatic heterocycles. The lowest BCUT2D eigenvalue weighted by Gasteiger charge is -2.32. The monoisotopic (exact) mass is 281 g/mol. The lowest BCUT2D eigenvalue weighted by Crippen LogP contribution is -2.40. The van der Waals surface area contributed by atoms with Gasteiger partial charge >= 0.3 is 0 Å². The minimum Gasteiger partial charge on any atom is -0.489 e. The molecule has 0 saturated carbocycles. The number of rotatable bonds is 4. The summed E-state index contributed by atoms with van der Waals surface area (Å²) < 4.78 is 19.4. The maximum absolute atomic E-state index is 13.9. The summed E-state index contributed by atoms with van der Waals surface area (Å²) in [7, 11) is 2.06. The van der Waals surface area contributed by atoms with Crippen molar-refractivity contribution in [2.45, 2.75) is 25.3 Å². The van der Waals surface area contributed by atoms with Crippen LogP contribution in [0.1, 0.15) is 24.8 Å². The van der Waals surface area contributed by atoms with Gasteiger partial charge in [0.05, 0.1) is 0 Å². The molecule has 1 fully saturated rings. The topological polar surface area (TPSA) is 71.1 Å². The quantitative estimate of drug-likeness (QED) is 0.382. The molecule has 20 heavy (non-hydrogen) atoms. The average molecular weight is 281 g/mol. The van der Waals surface area contributed by atoms with Crippen molar-refractivity contribution in [3.63, 3.8) is 0 Å². The van der Waals surface area contributed by atoms with Crippen LogP contribution in [0.2, 0.25) is 0 Å². The number of benzene rings is 1. The van der Waals surface area contributed by atoms with E-state index in [4.69, 9.17) is 15.7 Å². The van der Waals surface area contributed by atoms with Crippen molar-refractivity contribution in [3.8, 4) is 5.75 Å². The van der Waals surface area contributed by atoms with Crippen LogP contribution in [0.15, 0.2) is 23.4 Å². The molecule has 0 bridgehead atoms. The SMILES string of the molecule is CN1CCCCC1COc1ccc(C(N)=NO)cc1F. The minimum atomic E-state index is -0.507. The van der Waals surface area contributed by atoms with E-state index in [1.807, 2.05) is 0 Å². The molecule has 0 aromatic heterocycles. The first-order valence-electron chi connectivity index (χ1n) is 6.72. The molecule has 1 aromatic carbocycles. The first kappa shape index (κ1) is 14.6. The Balaban J connectivity index is 1.99. The van der Waals surface area contributed by atoms with E-state index in [1.165, 1.54) is 25.0 Å². The van der Waals surface area contributed by atoms with Gasteiger partial charge in [0.1, 0.15) is 6.61 Å². The van der Waals surface area contributed by atoms with Gasteiger partial charge in [-0.1, -0.05) is 11.6 Å². The Morgan fingerprint density at radius 3 is 3.00 bits per heavy atom. The van der Waals surface area contributed by atoms with Gasteiger partial charge in [0, 0.05) is 11.6 Å². The predicted octanol–water partition coefficient (Wildman–Crippen LogP) is 1.78. The number of hydrogen-bond acceptors (Lipinski definition) is 4. The normalized spacial score (nSPS) is 20.9. The molecule has 2 rings (SSSR count). The molecule has 0 spiro atoms. The summed E-state index contributed by atoms with van der Waals surface area (Å²) in [5, 5.41) is 11.4. The number of nitrogens with zero attached hydrogens (tertiary/aromatic N) is 2. The summed E-state index contributed by atoms with van der Waals surface area (Å²) in [6.45, 7) is 1.52. The number of nitrogens with two attached hydrogens (primary N) is 1. The second-order valence-electron chi connectivity index (χ2n) is 5.07. The highest BCUT2D eigenvalue weighted by molar-refractivity contribution is 5.97. The van der Waals surface area contributed by atoms with Gasteiger partial charge in [0.15, 0.2) is 17.4 Å². The second kappa shape index (κ2) is 6.56. The predicted molar refractivity (Wildman–Crippen MR) is 74.7 cm³/mol. The summed E-state index contributed by atoms with van der Waals surface area (Å²) in [6.07, 6.45) is 3.46. The summed E-state index contributed by atoms with van der Waals surface area (Å²) in [5.74, 6) is -0.437. The Hall–Kier alpha value is -1.82. The summed E-state index contributed by atoms with van der Waals surface area (Å²) in [5.41, 5.74) is 5.73. The van der Waals surface area contributed by atoms with E-state index in [1.54, 1.807) is 6.07 Å². The second-order valence-corrected chi connectivity index (χ2v) is 5.07. The number of oxime groups is 1. The molecule has 1 saturated heterocycles. The van der Waals surface area contributed by atoms with Crippen molar-refractivity contribution in [2.75, 3.05) is 20.2 Å². The van der Waals surface area contributed by atoms with Gasteiger partial charge in [-0.15, -0.1) is 0 Å². The Labute approximate surface area is 117 Å². The molecule has 0 radical (unpaired) electrons. The molecule has 1 atom stereocenters. The molecule has 110 valence electrons. The highest BCUT2D eigenvalue weighted by Crippen LogP contribution is 2.21. The van der Waals surface area contributed by atoms with Crippen LogP contribution in [0.3, 0.4) is 0 Å². The van der Waals surface area contributed by atoms with E-state index in [0.717, 1.165) is 13.0 Å². The van der Waals surface area contributed by atoms with E-state index >= 15 is 0 Å². The van der Waals surface area contributed by atoms with Gasteiger partial charge < -0.3 is 20.6 Å². The molecule has 1 aliphatic rings. The maximum atomic E-state index is 13.9. The van der Waals surface area contributed by atoms with Crippen LogP contribution in [0.25, 0.3) is 0 Å². The first-order valence-corrected chi connectivity index (χ1v) is 6.72. The molecule has 0 aliphatic carbocycles. The summed E-state index contributed by atoms with van der Waals surface area (Å²) in [6, 6.07) is 4.60. The fourth-order valence-corrected chi connectivity index (χ4v) is 2.38. The zero-order chi connectivity index (χ0) is 14.5. The Morgan fingerprint density at radius 1 is 1.55 bits per heavy atom. The van der Waals surface area contributed by atoms with E-state index in [0.29, 0.717) is 18.2 Å². The molecule has 0 amide bonds. The van der Waals surface area contributed by atoms with E-state index in [9.17, 15) is 4.39 Å². The zero-order valence-corrected chi connectivity index (χ0v) is 11.6. The largest absolute Gasteiger partial charge is 0.489 e. The number of likely N-dealkylation sites (N-methyl/N-ethyl adjacent to an activating group) is 1. The van der Waals surface area contributed by atoms with Crippen LogP contribution in [0.4, 0.5) is 4.39 Å². The zero-order valence-electron chi connectivity index (χ0n) is 11.6. The maximum Gasteiger partial charge on any atom is 0.170 e. The fraction of sp³-hybridized carbons (Fsp3) is 0.500. The number of hydrogen-bond donors (Lipinski definition) is 2. The lowest BCUT2D eigenvalue weighted by atomic mass is 10.0. The van der Waals surface area contributed by atoms with Gasteiger partial charge in [-0.25, -0.2) is 4.39 Å². The van der Waals surface area contributed by atoms with Crippen LogP contribution >= 0.6 is 0 Å². The number of amidine groups is 1. The number of piperidine rings is 1. The van der Waals surface area contributed by atoms with Crippen LogP contribution < -0.4 is 10.5 Å². The number of likely N-dealkylation sites (tertiary alicyclic amines) is 1. The third-order valence-electron chi connectivity index (χ3n) is 3.69. The van der Waals surface area contributed by atoms with Crippen molar-refractivity contribution in [2.24, 2.45) is 10.9 Å². The smallest absolute Gasteiger partial charge is 0.170 e. The Morgan fingerprint density at radius 2 is 2.35 bits per heavy atom. The van der Waals surface area contributed by atoms with E-state index in [-0.39, 0.29) is 11.6 Å². The molecule has 5 nitrogen and oxygen atoms in total. The lowest BCUT2D eigenvalue weighted by molar-refractivity contribution is 0.123. The number of halogens is 1. The Kier molecular flexibility index (Phi) is 4.79. The molecular weight excluding hydrogens is 261 g/mol. The van der Waals surface area contributed by atoms with Gasteiger partial charge in [-0.2, -0.15) is 0 Å². The average Bonchev–Trinajstić information content (AvgIpc) is 2.46. The van der Waals surface area contributed by atoms with E-state index < -0.39 is 5.82 Å². The molecule has 1 aromatic rings. The van der Waals surface area contributed by atoms with Crippen molar-refractivity contribution >= 4 is 5.84 Å². The minimum absolute atomic E-state index is 0.123. The van der Waals surface area contributed by atoms with Gasteiger partial charge in [0.25, 0.3) is 0 Å². The molecule has 1 unspecified atom stereocenters. The highest BCUT2D eigenvalue weighted by atomic mass is 19.1. The van der Waals surface area contributed by atoms with Crippen LogP contribution in [0, 0.1) is 5.82 Å². The van der Waals surface area contributed by atoms with Gasteiger partial charge in [-0.05, 0) is 44.6 Å². The van der Waals surface area contributed by atoms with Gasteiger partial charge in [0.2, 0.25) is 0 Å². The number of ether oxygens (including phenoxy) is 1. The van der Waals surface area contributed by atoms with Gasteiger partial charge in [-0.3, -0.25) is 0 Å². The summed E-state index contributed by atoms with van der Waals surface area (Å²) in [4.78, 5) is 2.24. The molecule has 3 N–H and O–H groups in total. The van der Waals surface area contributed by atoms with Crippen molar-refractivity contribution in [3.05, 3.63) is 29.6 Å². The van der Waals surface area contributed by atoms with Crippen molar-refractivity contribution < 1.29 is 14.3 Å². The fourth-order valence-electron chi connectivity index (χ4n) is 2.38. The Bertz CT molecular complexity index is 493. The standard InChI is InChI=1S/C14H20FN3O2/c1-18-7-3-2-4-11(18)9-20-13-6-5-10(8-12(13)15)14(16)17-19/h5-6,8,11,19H,2-4,7,9H2,1H3,(H2,16,17). The highest BCUT2D eigenvalue weighted by Gasteiger charge is 2.20.